The zero-order chi connectivity index (χ0) is 10.7. The summed E-state index contributed by atoms with van der Waals surface area (Å²) in [6, 6.07) is 0. The van der Waals surface area contributed by atoms with E-state index in [0.717, 1.165) is 11.8 Å². The number of nitrogens with zero attached hydrogens (tertiary/aromatic N) is 2. The number of rotatable bonds is 4. The monoisotopic (exact) mass is 214 g/mol. The lowest BCUT2D eigenvalue weighted by Gasteiger charge is -1.99. The van der Waals surface area contributed by atoms with Crippen LogP contribution in [0.2, 0.25) is 0 Å². The average molecular weight is 214 g/mol. The molecule has 0 aliphatic carbocycles. The minimum atomic E-state index is -0.911. The second-order valence-corrected chi connectivity index (χ2v) is 3.69. The summed E-state index contributed by atoms with van der Waals surface area (Å²) in [5.74, 6) is -0.981. The Hall–Kier alpha value is -1.30. The molecule has 1 aromatic heterocycles. The second-order valence-electron chi connectivity index (χ2n) is 2.73. The number of aldehydes is 1. The van der Waals surface area contributed by atoms with Crippen molar-refractivity contribution in [2.45, 2.75) is 11.9 Å². The van der Waals surface area contributed by atoms with Gasteiger partial charge in [0.05, 0.1) is 17.0 Å². The highest BCUT2D eigenvalue weighted by Crippen LogP contribution is 2.22. The van der Waals surface area contributed by atoms with Crippen LogP contribution in [0.25, 0.3) is 0 Å². The highest BCUT2D eigenvalue weighted by Gasteiger charge is 2.13. The Morgan fingerprint density at radius 1 is 1.71 bits per heavy atom. The molecule has 0 spiro atoms. The first-order chi connectivity index (χ1) is 6.56. The van der Waals surface area contributed by atoms with E-state index in [1.54, 1.807) is 14.0 Å². The zero-order valence-electron chi connectivity index (χ0n) is 7.85. The van der Waals surface area contributed by atoms with Crippen LogP contribution in [-0.2, 0) is 11.8 Å². The number of aryl methyl sites for hydroxylation is 2. The SMILES string of the molecule is Cc1nn(C)c(SCC(=O)O)c1C=O. The van der Waals surface area contributed by atoms with E-state index in [-0.39, 0.29) is 5.75 Å². The van der Waals surface area contributed by atoms with E-state index in [4.69, 9.17) is 5.11 Å². The summed E-state index contributed by atoms with van der Waals surface area (Å²) in [4.78, 5) is 21.0. The number of hydrogen-bond acceptors (Lipinski definition) is 4. The van der Waals surface area contributed by atoms with Crippen LogP contribution in [0.1, 0.15) is 16.1 Å². The molecule has 0 fully saturated rings. The van der Waals surface area contributed by atoms with Crippen molar-refractivity contribution in [3.05, 3.63) is 11.3 Å². The topological polar surface area (TPSA) is 72.2 Å². The Morgan fingerprint density at radius 2 is 2.36 bits per heavy atom. The highest BCUT2D eigenvalue weighted by atomic mass is 32.2. The van der Waals surface area contributed by atoms with Gasteiger partial charge in [0, 0.05) is 7.05 Å². The molecule has 1 N–H and O–H groups in total. The summed E-state index contributed by atoms with van der Waals surface area (Å²) in [5.41, 5.74) is 1.09. The van der Waals surface area contributed by atoms with E-state index in [1.165, 1.54) is 4.68 Å². The molecular formula is C8H10N2O3S. The molecule has 1 aromatic rings. The van der Waals surface area contributed by atoms with Crippen LogP contribution in [0.4, 0.5) is 0 Å². The van der Waals surface area contributed by atoms with Gasteiger partial charge in [-0.25, -0.2) is 0 Å². The molecule has 6 heteroatoms. The van der Waals surface area contributed by atoms with Gasteiger partial charge in [0.15, 0.2) is 6.29 Å². The Balaban J connectivity index is 2.94. The van der Waals surface area contributed by atoms with Crippen LogP contribution in [0.15, 0.2) is 5.03 Å². The molecule has 0 atom stereocenters. The third-order valence-electron chi connectivity index (χ3n) is 1.66. The quantitative estimate of drug-likeness (QED) is 0.590. The third-order valence-corrected chi connectivity index (χ3v) is 2.81. The number of thioether (sulfide) groups is 1. The van der Waals surface area contributed by atoms with Crippen LogP contribution >= 0.6 is 11.8 Å². The van der Waals surface area contributed by atoms with Crippen LogP contribution in [-0.4, -0.2) is 32.9 Å². The molecule has 0 aliphatic heterocycles. The standard InChI is InChI=1S/C8H10N2O3S/c1-5-6(3-11)8(10(2)9-5)14-4-7(12)13/h3H,4H2,1-2H3,(H,12,13). The van der Waals surface area contributed by atoms with E-state index in [2.05, 4.69) is 5.10 Å². The largest absolute Gasteiger partial charge is 0.481 e. The first-order valence-corrected chi connectivity index (χ1v) is 4.88. The Kier molecular flexibility index (Phi) is 3.29. The number of carboxylic acid groups (broad SMARTS) is 1. The first kappa shape index (κ1) is 10.8. The maximum Gasteiger partial charge on any atom is 0.313 e. The van der Waals surface area contributed by atoms with Crippen molar-refractivity contribution in [2.75, 3.05) is 5.75 Å². The van der Waals surface area contributed by atoms with Gasteiger partial charge in [-0.15, -0.1) is 0 Å². The van der Waals surface area contributed by atoms with Gasteiger partial charge < -0.3 is 5.11 Å². The molecule has 0 unspecified atom stereocenters. The average Bonchev–Trinajstić information content (AvgIpc) is 2.36. The molecular weight excluding hydrogens is 204 g/mol. The van der Waals surface area contributed by atoms with Crippen molar-refractivity contribution >= 4 is 24.0 Å². The van der Waals surface area contributed by atoms with Crippen molar-refractivity contribution < 1.29 is 14.7 Å². The summed E-state index contributed by atoms with van der Waals surface area (Å²) in [5, 5.41) is 13.1. The van der Waals surface area contributed by atoms with Gasteiger partial charge in [0.25, 0.3) is 0 Å². The zero-order valence-corrected chi connectivity index (χ0v) is 8.67. The molecule has 0 saturated heterocycles. The molecule has 0 aliphatic rings. The highest BCUT2D eigenvalue weighted by molar-refractivity contribution is 8.00. The predicted molar refractivity (Wildman–Crippen MR) is 51.7 cm³/mol. The van der Waals surface area contributed by atoms with Gasteiger partial charge in [0.1, 0.15) is 5.03 Å². The summed E-state index contributed by atoms with van der Waals surface area (Å²) in [6.45, 7) is 1.72. The Labute approximate surface area is 85.1 Å². The molecule has 76 valence electrons. The first-order valence-electron chi connectivity index (χ1n) is 3.89. The van der Waals surface area contributed by atoms with E-state index in [1.807, 2.05) is 0 Å². The van der Waals surface area contributed by atoms with Gasteiger partial charge in [0.2, 0.25) is 0 Å². The normalized spacial score (nSPS) is 10.1. The summed E-state index contributed by atoms with van der Waals surface area (Å²) >= 11 is 1.10. The van der Waals surface area contributed by atoms with Gasteiger partial charge in [-0.3, -0.25) is 14.3 Å². The lowest BCUT2D eigenvalue weighted by Crippen LogP contribution is -2.01. The van der Waals surface area contributed by atoms with E-state index in [0.29, 0.717) is 22.6 Å². The van der Waals surface area contributed by atoms with Crippen molar-refractivity contribution in [3.8, 4) is 0 Å². The molecule has 0 amide bonds. The lowest BCUT2D eigenvalue weighted by atomic mass is 10.3. The van der Waals surface area contributed by atoms with Gasteiger partial charge >= 0.3 is 5.97 Å². The molecule has 5 nitrogen and oxygen atoms in total. The van der Waals surface area contributed by atoms with E-state index < -0.39 is 5.97 Å². The van der Waals surface area contributed by atoms with E-state index in [9.17, 15) is 9.59 Å². The molecule has 14 heavy (non-hydrogen) atoms. The van der Waals surface area contributed by atoms with Crippen LogP contribution in [0.5, 0.6) is 0 Å². The molecule has 0 saturated carbocycles. The van der Waals surface area contributed by atoms with E-state index >= 15 is 0 Å². The Bertz CT molecular complexity index is 373. The van der Waals surface area contributed by atoms with Crippen molar-refractivity contribution in [1.29, 1.82) is 0 Å². The number of carbonyl (C=O) groups is 2. The molecule has 1 heterocycles. The number of aliphatic carboxylic acids is 1. The fourth-order valence-corrected chi connectivity index (χ4v) is 1.93. The number of hydrogen-bond donors (Lipinski definition) is 1. The summed E-state index contributed by atoms with van der Waals surface area (Å²) in [7, 11) is 1.68. The minimum absolute atomic E-state index is 0.0696. The maximum atomic E-state index is 10.7. The number of carboxylic acids is 1. The maximum absolute atomic E-state index is 10.7. The third kappa shape index (κ3) is 2.14. The molecule has 0 bridgehead atoms. The second kappa shape index (κ2) is 4.28. The van der Waals surface area contributed by atoms with Crippen molar-refractivity contribution in [3.63, 3.8) is 0 Å². The van der Waals surface area contributed by atoms with Gasteiger partial charge in [-0.1, -0.05) is 11.8 Å². The smallest absolute Gasteiger partial charge is 0.313 e. The molecule has 0 radical (unpaired) electrons. The van der Waals surface area contributed by atoms with Gasteiger partial charge in [-0.2, -0.15) is 5.10 Å². The number of carbonyl (C=O) groups excluding carboxylic acids is 1. The van der Waals surface area contributed by atoms with Crippen molar-refractivity contribution in [2.24, 2.45) is 7.05 Å². The fraction of sp³-hybridized carbons (Fsp3) is 0.375. The summed E-state index contributed by atoms with van der Waals surface area (Å²) < 4.78 is 1.52. The van der Waals surface area contributed by atoms with Gasteiger partial charge in [-0.05, 0) is 6.92 Å². The summed E-state index contributed by atoms with van der Waals surface area (Å²) in [6.07, 6.45) is 0.701. The molecule has 0 aromatic carbocycles. The predicted octanol–water partition coefficient (Wildman–Crippen LogP) is 0.718. The minimum Gasteiger partial charge on any atom is -0.481 e. The lowest BCUT2D eigenvalue weighted by molar-refractivity contribution is -0.133. The van der Waals surface area contributed by atoms with Crippen molar-refractivity contribution in [1.82, 2.24) is 9.78 Å². The Morgan fingerprint density at radius 3 is 2.86 bits per heavy atom. The molecule has 1 rings (SSSR count). The fourth-order valence-electron chi connectivity index (χ4n) is 1.09. The van der Waals surface area contributed by atoms with Crippen LogP contribution < -0.4 is 0 Å². The van der Waals surface area contributed by atoms with Crippen LogP contribution in [0.3, 0.4) is 0 Å². The van der Waals surface area contributed by atoms with Crippen LogP contribution in [0, 0.1) is 6.92 Å². The number of aromatic nitrogens is 2.